The first-order chi connectivity index (χ1) is 14.9. The lowest BCUT2D eigenvalue weighted by Gasteiger charge is -2.28. The fourth-order valence-electron chi connectivity index (χ4n) is 3.80. The number of amides is 1. The molecule has 1 aliphatic rings. The third-order valence-electron chi connectivity index (χ3n) is 5.64. The third-order valence-corrected chi connectivity index (χ3v) is 5.89. The highest BCUT2D eigenvalue weighted by atomic mass is 35.5. The standard InChI is InChI=1S/C24H27ClN2O4/c1-4-26(5-2)14-15-27-21(16-6-10-18(25)11-7-16)20(23(29)24(27)30)22(28)17-8-12-19(31-3)13-9-17/h6-13,21,28H,4-5,14-15H2,1-3H3/b22-20+/t21-/m1/s1. The highest BCUT2D eigenvalue weighted by Gasteiger charge is 2.45. The molecule has 1 heterocycles. The number of hydrogen-bond acceptors (Lipinski definition) is 5. The number of likely N-dealkylation sites (tertiary alicyclic amines) is 1. The molecule has 7 heteroatoms. The van der Waals surface area contributed by atoms with Crippen molar-refractivity contribution in [2.75, 3.05) is 33.3 Å². The fourth-order valence-corrected chi connectivity index (χ4v) is 3.92. The van der Waals surface area contributed by atoms with Crippen LogP contribution in [-0.2, 0) is 9.59 Å². The summed E-state index contributed by atoms with van der Waals surface area (Å²) in [6.45, 7) is 6.80. The lowest BCUT2D eigenvalue weighted by molar-refractivity contribution is -0.140. The Hall–Kier alpha value is -2.83. The van der Waals surface area contributed by atoms with Gasteiger partial charge >= 0.3 is 0 Å². The summed E-state index contributed by atoms with van der Waals surface area (Å²) in [5, 5.41) is 11.6. The van der Waals surface area contributed by atoms with Crippen LogP contribution in [0.5, 0.6) is 5.75 Å². The molecule has 0 unspecified atom stereocenters. The number of halogens is 1. The Balaban J connectivity index is 2.07. The van der Waals surface area contributed by atoms with Gasteiger partial charge in [0, 0.05) is 23.7 Å². The molecular formula is C24H27ClN2O4. The van der Waals surface area contributed by atoms with Crippen LogP contribution in [0.25, 0.3) is 5.76 Å². The number of aliphatic hydroxyl groups excluding tert-OH is 1. The molecule has 0 saturated carbocycles. The van der Waals surface area contributed by atoms with Crippen molar-refractivity contribution in [3.63, 3.8) is 0 Å². The summed E-state index contributed by atoms with van der Waals surface area (Å²) in [6, 6.07) is 13.0. The maximum Gasteiger partial charge on any atom is 0.295 e. The monoisotopic (exact) mass is 442 g/mol. The molecule has 2 aromatic carbocycles. The number of hydrogen-bond donors (Lipinski definition) is 1. The second-order valence-corrected chi connectivity index (χ2v) is 7.74. The molecule has 0 aromatic heterocycles. The summed E-state index contributed by atoms with van der Waals surface area (Å²) >= 11 is 6.05. The maximum atomic E-state index is 13.0. The number of aliphatic hydroxyl groups is 1. The quantitative estimate of drug-likeness (QED) is 0.378. The Kier molecular flexibility index (Phi) is 7.36. The summed E-state index contributed by atoms with van der Waals surface area (Å²) < 4.78 is 5.16. The molecule has 1 atom stereocenters. The van der Waals surface area contributed by atoms with Crippen LogP contribution in [-0.4, -0.2) is 59.9 Å². The van der Waals surface area contributed by atoms with E-state index in [1.165, 1.54) is 0 Å². The maximum absolute atomic E-state index is 13.0. The summed E-state index contributed by atoms with van der Waals surface area (Å²) in [4.78, 5) is 29.7. The molecule has 1 saturated heterocycles. The van der Waals surface area contributed by atoms with Gasteiger partial charge in [-0.3, -0.25) is 9.59 Å². The van der Waals surface area contributed by atoms with Crippen molar-refractivity contribution in [2.24, 2.45) is 0 Å². The number of ether oxygens (including phenoxy) is 1. The molecular weight excluding hydrogens is 416 g/mol. The average molecular weight is 443 g/mol. The zero-order valence-corrected chi connectivity index (χ0v) is 18.7. The van der Waals surface area contributed by atoms with Crippen LogP contribution < -0.4 is 4.74 Å². The summed E-state index contributed by atoms with van der Waals surface area (Å²) in [7, 11) is 1.55. The van der Waals surface area contributed by atoms with Gasteiger partial charge in [0.05, 0.1) is 18.7 Å². The second-order valence-electron chi connectivity index (χ2n) is 7.30. The molecule has 2 aromatic rings. The zero-order chi connectivity index (χ0) is 22.5. The van der Waals surface area contributed by atoms with Gasteiger partial charge < -0.3 is 19.6 Å². The van der Waals surface area contributed by atoms with Crippen LogP contribution in [0.2, 0.25) is 5.02 Å². The SMILES string of the molecule is CCN(CC)CCN1C(=O)C(=O)/C(=C(/O)c2ccc(OC)cc2)[C@H]1c1ccc(Cl)cc1. The van der Waals surface area contributed by atoms with E-state index < -0.39 is 17.7 Å². The summed E-state index contributed by atoms with van der Waals surface area (Å²) in [5.74, 6) is -0.869. The van der Waals surface area contributed by atoms with Crippen molar-refractivity contribution in [1.82, 2.24) is 9.80 Å². The normalized spacial score (nSPS) is 18.1. The van der Waals surface area contributed by atoms with Gasteiger partial charge in [-0.25, -0.2) is 0 Å². The number of nitrogens with zero attached hydrogens (tertiary/aromatic N) is 2. The smallest absolute Gasteiger partial charge is 0.295 e. The topological polar surface area (TPSA) is 70.1 Å². The number of ketones is 1. The molecule has 1 amide bonds. The van der Waals surface area contributed by atoms with Crippen LogP contribution in [0, 0.1) is 0 Å². The van der Waals surface area contributed by atoms with Crippen molar-refractivity contribution in [2.45, 2.75) is 19.9 Å². The van der Waals surface area contributed by atoms with Crippen LogP contribution in [0.1, 0.15) is 31.0 Å². The van der Waals surface area contributed by atoms with E-state index in [9.17, 15) is 14.7 Å². The lowest BCUT2D eigenvalue weighted by Crippen LogP contribution is -2.38. The highest BCUT2D eigenvalue weighted by molar-refractivity contribution is 6.46. The van der Waals surface area contributed by atoms with Gasteiger partial charge in [0.1, 0.15) is 11.5 Å². The molecule has 0 bridgehead atoms. The lowest BCUT2D eigenvalue weighted by atomic mass is 9.95. The van der Waals surface area contributed by atoms with Crippen LogP contribution in [0.3, 0.4) is 0 Å². The molecule has 0 aliphatic carbocycles. The Bertz CT molecular complexity index is 966. The van der Waals surface area contributed by atoms with Gasteiger partial charge in [-0.15, -0.1) is 0 Å². The predicted octanol–water partition coefficient (Wildman–Crippen LogP) is 4.11. The van der Waals surface area contributed by atoms with E-state index in [1.807, 2.05) is 0 Å². The average Bonchev–Trinajstić information content (AvgIpc) is 3.05. The molecule has 164 valence electrons. The van der Waals surface area contributed by atoms with Gasteiger partial charge in [-0.1, -0.05) is 37.6 Å². The Morgan fingerprint density at radius 1 is 1.06 bits per heavy atom. The van der Waals surface area contributed by atoms with Crippen LogP contribution in [0.15, 0.2) is 54.1 Å². The molecule has 1 N–H and O–H groups in total. The zero-order valence-electron chi connectivity index (χ0n) is 18.0. The Morgan fingerprint density at radius 2 is 1.68 bits per heavy atom. The Labute approximate surface area is 187 Å². The van der Waals surface area contributed by atoms with Crippen molar-refractivity contribution in [1.29, 1.82) is 0 Å². The largest absolute Gasteiger partial charge is 0.507 e. The van der Waals surface area contributed by atoms with Gasteiger partial charge in [-0.05, 0) is 55.1 Å². The van der Waals surface area contributed by atoms with Crippen LogP contribution >= 0.6 is 11.6 Å². The van der Waals surface area contributed by atoms with E-state index in [1.54, 1.807) is 60.5 Å². The van der Waals surface area contributed by atoms with Gasteiger partial charge in [0.2, 0.25) is 0 Å². The van der Waals surface area contributed by atoms with Crippen molar-refractivity contribution in [3.05, 3.63) is 70.3 Å². The summed E-state index contributed by atoms with van der Waals surface area (Å²) in [6.07, 6.45) is 0. The molecule has 0 radical (unpaired) electrons. The van der Waals surface area contributed by atoms with Gasteiger partial charge in [0.15, 0.2) is 0 Å². The third kappa shape index (κ3) is 4.75. The first kappa shape index (κ1) is 22.8. The minimum atomic E-state index is -0.687. The van der Waals surface area contributed by atoms with Crippen LogP contribution in [0.4, 0.5) is 0 Å². The fraction of sp³-hybridized carbons (Fsp3) is 0.333. The molecule has 6 nitrogen and oxygen atoms in total. The number of carbonyl (C=O) groups excluding carboxylic acids is 2. The van der Waals surface area contributed by atoms with Crippen molar-refractivity contribution in [3.8, 4) is 5.75 Å². The van der Waals surface area contributed by atoms with Gasteiger partial charge in [0.25, 0.3) is 11.7 Å². The van der Waals surface area contributed by atoms with E-state index in [2.05, 4.69) is 18.7 Å². The van der Waals surface area contributed by atoms with E-state index in [0.29, 0.717) is 29.4 Å². The Morgan fingerprint density at radius 3 is 2.23 bits per heavy atom. The molecule has 3 rings (SSSR count). The highest BCUT2D eigenvalue weighted by Crippen LogP contribution is 2.39. The van der Waals surface area contributed by atoms with E-state index in [-0.39, 0.29) is 11.3 Å². The van der Waals surface area contributed by atoms with E-state index in [0.717, 1.165) is 18.7 Å². The number of benzene rings is 2. The van der Waals surface area contributed by atoms with Crippen molar-refractivity contribution < 1.29 is 19.4 Å². The molecule has 1 aliphatic heterocycles. The molecule has 1 fully saturated rings. The first-order valence-corrected chi connectivity index (χ1v) is 10.7. The molecule has 31 heavy (non-hydrogen) atoms. The molecule has 0 spiro atoms. The van der Waals surface area contributed by atoms with E-state index >= 15 is 0 Å². The number of Topliss-reactive ketones (excluding diaryl/α,β-unsaturated/α-hetero) is 1. The van der Waals surface area contributed by atoms with Crippen molar-refractivity contribution >= 4 is 29.1 Å². The number of likely N-dealkylation sites (N-methyl/N-ethyl adjacent to an activating group) is 1. The minimum Gasteiger partial charge on any atom is -0.507 e. The predicted molar refractivity (Wildman–Crippen MR) is 121 cm³/mol. The van der Waals surface area contributed by atoms with E-state index in [4.69, 9.17) is 16.3 Å². The number of methoxy groups -OCH3 is 1. The minimum absolute atomic E-state index is 0.0806. The second kappa shape index (κ2) is 9.98. The number of carbonyl (C=O) groups is 2. The van der Waals surface area contributed by atoms with Gasteiger partial charge in [-0.2, -0.15) is 0 Å². The number of rotatable bonds is 8. The first-order valence-electron chi connectivity index (χ1n) is 10.3. The summed E-state index contributed by atoms with van der Waals surface area (Å²) in [5.41, 5.74) is 1.25.